The number of ether oxygens (including phenoxy) is 1. The quantitative estimate of drug-likeness (QED) is 0.729. The van der Waals surface area contributed by atoms with Crippen molar-refractivity contribution in [1.29, 1.82) is 0 Å². The van der Waals surface area contributed by atoms with Gasteiger partial charge in [0.1, 0.15) is 0 Å². The molecule has 6 nitrogen and oxygen atoms in total. The van der Waals surface area contributed by atoms with Gasteiger partial charge in [0.2, 0.25) is 5.91 Å². The zero-order valence-corrected chi connectivity index (χ0v) is 15.7. The van der Waals surface area contributed by atoms with Crippen LogP contribution in [0.1, 0.15) is 25.1 Å². The van der Waals surface area contributed by atoms with E-state index in [1.165, 1.54) is 4.68 Å². The molecule has 140 valence electrons. The van der Waals surface area contributed by atoms with Gasteiger partial charge in [0.15, 0.2) is 0 Å². The lowest BCUT2D eigenvalue weighted by molar-refractivity contribution is -0.115. The van der Waals surface area contributed by atoms with Gasteiger partial charge >= 0.3 is 0 Å². The summed E-state index contributed by atoms with van der Waals surface area (Å²) in [6, 6.07) is 14.8. The van der Waals surface area contributed by atoms with Crippen LogP contribution < -0.4 is 10.9 Å². The number of amides is 1. The lowest BCUT2D eigenvalue weighted by atomic mass is 10.1. The molecular formula is C21H23N3O3. The first-order chi connectivity index (χ1) is 12.9. The fraction of sp³-hybridized carbons (Fsp3) is 0.286. The number of rotatable bonds is 6. The van der Waals surface area contributed by atoms with Crippen LogP contribution in [0.2, 0.25) is 0 Å². The topological polar surface area (TPSA) is 73.2 Å². The van der Waals surface area contributed by atoms with Gasteiger partial charge in [-0.15, -0.1) is 0 Å². The summed E-state index contributed by atoms with van der Waals surface area (Å²) in [5.74, 6) is -0.187. The molecule has 0 aliphatic heterocycles. The Morgan fingerprint density at radius 3 is 2.63 bits per heavy atom. The van der Waals surface area contributed by atoms with Gasteiger partial charge < -0.3 is 10.1 Å². The predicted molar refractivity (Wildman–Crippen MR) is 106 cm³/mol. The number of hydrogen-bond acceptors (Lipinski definition) is 4. The maximum Gasteiger partial charge on any atom is 0.274 e. The number of hydrogen-bond donors (Lipinski definition) is 1. The van der Waals surface area contributed by atoms with Gasteiger partial charge in [-0.25, -0.2) is 4.68 Å². The Labute approximate surface area is 157 Å². The van der Waals surface area contributed by atoms with Gasteiger partial charge in [-0.05, 0) is 37.6 Å². The highest BCUT2D eigenvalue weighted by molar-refractivity contribution is 5.95. The third kappa shape index (κ3) is 4.60. The third-order valence-electron chi connectivity index (χ3n) is 4.16. The fourth-order valence-corrected chi connectivity index (χ4v) is 2.87. The molecule has 0 aliphatic rings. The molecule has 0 saturated heterocycles. The van der Waals surface area contributed by atoms with Crippen LogP contribution in [0, 0.1) is 0 Å². The molecule has 0 unspecified atom stereocenters. The largest absolute Gasteiger partial charge is 0.374 e. The third-order valence-corrected chi connectivity index (χ3v) is 4.16. The second-order valence-electron chi connectivity index (χ2n) is 6.71. The Balaban J connectivity index is 1.77. The van der Waals surface area contributed by atoms with E-state index in [0.717, 1.165) is 5.56 Å². The first-order valence-corrected chi connectivity index (χ1v) is 8.89. The van der Waals surface area contributed by atoms with Gasteiger partial charge in [-0.2, -0.15) is 5.10 Å². The summed E-state index contributed by atoms with van der Waals surface area (Å²) in [5, 5.41) is 8.43. The summed E-state index contributed by atoms with van der Waals surface area (Å²) in [4.78, 5) is 24.7. The second kappa shape index (κ2) is 8.14. The SMILES string of the molecule is CC(C)OCc1cccc(NC(=O)Cc2nn(C)c(=O)c3ccccc23)c1. The van der Waals surface area contributed by atoms with E-state index in [4.69, 9.17) is 4.74 Å². The summed E-state index contributed by atoms with van der Waals surface area (Å²) < 4.78 is 6.87. The molecule has 6 heteroatoms. The first kappa shape index (κ1) is 18.8. The van der Waals surface area contributed by atoms with Crippen molar-refractivity contribution in [3.8, 4) is 0 Å². The van der Waals surface area contributed by atoms with Gasteiger partial charge in [0, 0.05) is 18.1 Å². The van der Waals surface area contributed by atoms with Crippen LogP contribution in [0.3, 0.4) is 0 Å². The van der Waals surface area contributed by atoms with Crippen LogP contribution >= 0.6 is 0 Å². The number of benzene rings is 2. The van der Waals surface area contributed by atoms with E-state index in [9.17, 15) is 9.59 Å². The first-order valence-electron chi connectivity index (χ1n) is 8.89. The number of carbonyl (C=O) groups is 1. The molecule has 0 spiro atoms. The molecule has 1 aromatic heterocycles. The number of aromatic nitrogens is 2. The lowest BCUT2D eigenvalue weighted by Gasteiger charge is -2.11. The molecule has 1 heterocycles. The summed E-state index contributed by atoms with van der Waals surface area (Å²) >= 11 is 0. The number of fused-ring (bicyclic) bond motifs is 1. The van der Waals surface area contributed by atoms with Crippen LogP contribution in [0.15, 0.2) is 53.3 Å². The van der Waals surface area contributed by atoms with Crippen LogP contribution in [-0.4, -0.2) is 21.8 Å². The monoisotopic (exact) mass is 365 g/mol. The Hall–Kier alpha value is -2.99. The van der Waals surface area contributed by atoms with Crippen molar-refractivity contribution in [2.24, 2.45) is 7.05 Å². The molecule has 27 heavy (non-hydrogen) atoms. The van der Waals surface area contributed by atoms with E-state index in [1.807, 2.05) is 50.2 Å². The number of nitrogens with zero attached hydrogens (tertiary/aromatic N) is 2. The van der Waals surface area contributed by atoms with E-state index in [-0.39, 0.29) is 24.0 Å². The van der Waals surface area contributed by atoms with Gasteiger partial charge in [0.05, 0.1) is 30.2 Å². The maximum absolute atomic E-state index is 12.5. The van der Waals surface area contributed by atoms with Crippen LogP contribution in [0.25, 0.3) is 10.8 Å². The summed E-state index contributed by atoms with van der Waals surface area (Å²) in [5.41, 5.74) is 2.10. The molecule has 0 atom stereocenters. The minimum absolute atomic E-state index is 0.0847. The average Bonchev–Trinajstić information content (AvgIpc) is 2.64. The van der Waals surface area contributed by atoms with Crippen LogP contribution in [0.4, 0.5) is 5.69 Å². The van der Waals surface area contributed by atoms with E-state index in [1.54, 1.807) is 19.2 Å². The van der Waals surface area contributed by atoms with Crippen LogP contribution in [0.5, 0.6) is 0 Å². The normalized spacial score (nSPS) is 11.1. The van der Waals surface area contributed by atoms with E-state index in [2.05, 4.69) is 10.4 Å². The van der Waals surface area contributed by atoms with Gasteiger partial charge in [-0.1, -0.05) is 30.3 Å². The van der Waals surface area contributed by atoms with Gasteiger partial charge in [0.25, 0.3) is 5.56 Å². The minimum Gasteiger partial charge on any atom is -0.374 e. The molecule has 0 aliphatic carbocycles. The highest BCUT2D eigenvalue weighted by Crippen LogP contribution is 2.16. The van der Waals surface area contributed by atoms with Gasteiger partial charge in [-0.3, -0.25) is 9.59 Å². The summed E-state index contributed by atoms with van der Waals surface area (Å²) in [6.07, 6.45) is 0.230. The smallest absolute Gasteiger partial charge is 0.274 e. The lowest BCUT2D eigenvalue weighted by Crippen LogP contribution is -2.24. The van der Waals surface area contributed by atoms with Crippen molar-refractivity contribution in [2.45, 2.75) is 33.0 Å². The number of carbonyl (C=O) groups excluding carboxylic acids is 1. The Morgan fingerprint density at radius 1 is 1.15 bits per heavy atom. The highest BCUT2D eigenvalue weighted by Gasteiger charge is 2.12. The van der Waals surface area contributed by atoms with E-state index >= 15 is 0 Å². The summed E-state index contributed by atoms with van der Waals surface area (Å²) in [7, 11) is 1.59. The number of anilines is 1. The Kier molecular flexibility index (Phi) is 5.66. The van der Waals surface area contributed by atoms with Crippen LogP contribution in [-0.2, 0) is 29.6 Å². The number of nitrogens with one attached hydrogen (secondary N) is 1. The second-order valence-corrected chi connectivity index (χ2v) is 6.71. The molecule has 3 aromatic rings. The van der Waals surface area contributed by atoms with E-state index < -0.39 is 0 Å². The minimum atomic E-state index is -0.187. The molecule has 1 amide bonds. The predicted octanol–water partition coefficient (Wildman–Crippen LogP) is 3.04. The summed E-state index contributed by atoms with van der Waals surface area (Å²) in [6.45, 7) is 4.46. The highest BCUT2D eigenvalue weighted by atomic mass is 16.5. The van der Waals surface area contributed by atoms with Crippen molar-refractivity contribution >= 4 is 22.4 Å². The Morgan fingerprint density at radius 2 is 1.89 bits per heavy atom. The van der Waals surface area contributed by atoms with E-state index in [0.29, 0.717) is 28.8 Å². The zero-order valence-electron chi connectivity index (χ0n) is 15.7. The molecule has 0 saturated carbocycles. The van der Waals surface area contributed by atoms with Crippen molar-refractivity contribution < 1.29 is 9.53 Å². The molecule has 1 N–H and O–H groups in total. The Bertz CT molecular complexity index is 1020. The zero-order chi connectivity index (χ0) is 19.4. The molecule has 0 fully saturated rings. The standard InChI is InChI=1S/C21H23N3O3/c1-14(2)27-13-15-7-6-8-16(11-15)22-20(25)12-19-17-9-4-5-10-18(17)21(26)24(3)23-19/h4-11,14H,12-13H2,1-3H3,(H,22,25). The molecular weight excluding hydrogens is 342 g/mol. The molecule has 2 aromatic carbocycles. The molecule has 3 rings (SSSR count). The van der Waals surface area contributed by atoms with Crippen molar-refractivity contribution in [2.75, 3.05) is 5.32 Å². The fourth-order valence-electron chi connectivity index (χ4n) is 2.87. The van der Waals surface area contributed by atoms with Crippen molar-refractivity contribution in [3.05, 3.63) is 70.1 Å². The molecule has 0 bridgehead atoms. The average molecular weight is 365 g/mol. The van der Waals surface area contributed by atoms with Crippen molar-refractivity contribution in [3.63, 3.8) is 0 Å². The maximum atomic E-state index is 12.5. The number of aryl methyl sites for hydroxylation is 1. The van der Waals surface area contributed by atoms with Crippen molar-refractivity contribution in [1.82, 2.24) is 9.78 Å². The molecule has 0 radical (unpaired) electrons.